The molecule has 2 amide bonds. The Morgan fingerprint density at radius 3 is 2.83 bits per heavy atom. The zero-order valence-corrected chi connectivity index (χ0v) is 10.8. The molecule has 2 N–H and O–H groups in total. The molecule has 0 radical (unpaired) electrons. The minimum Gasteiger partial charge on any atom is -0.497 e. The van der Waals surface area contributed by atoms with Crippen molar-refractivity contribution in [3.8, 4) is 5.75 Å². The van der Waals surface area contributed by atoms with Crippen LogP contribution in [0.15, 0.2) is 24.3 Å². The van der Waals surface area contributed by atoms with Gasteiger partial charge < -0.3 is 20.3 Å². The van der Waals surface area contributed by atoms with E-state index in [9.17, 15) is 4.79 Å². The highest BCUT2D eigenvalue weighted by Gasteiger charge is 2.26. The zero-order chi connectivity index (χ0) is 13.1. The summed E-state index contributed by atoms with van der Waals surface area (Å²) >= 11 is 0. The molecule has 1 atom stereocenters. The van der Waals surface area contributed by atoms with E-state index in [1.165, 1.54) is 0 Å². The molecule has 5 nitrogen and oxygen atoms in total. The average molecular weight is 249 g/mol. The number of ether oxygens (including phenoxy) is 1. The number of likely N-dealkylation sites (N-methyl/N-ethyl adjacent to an activating group) is 1. The van der Waals surface area contributed by atoms with E-state index in [1.54, 1.807) is 24.0 Å². The molecule has 0 bridgehead atoms. The fourth-order valence-corrected chi connectivity index (χ4v) is 2.09. The van der Waals surface area contributed by atoms with Crippen molar-refractivity contribution in [3.05, 3.63) is 29.8 Å². The molecule has 0 spiro atoms. The zero-order valence-electron chi connectivity index (χ0n) is 10.8. The van der Waals surface area contributed by atoms with E-state index in [2.05, 4.69) is 0 Å². The Labute approximate surface area is 107 Å². The van der Waals surface area contributed by atoms with Crippen LogP contribution in [0.1, 0.15) is 11.6 Å². The van der Waals surface area contributed by atoms with Crippen molar-refractivity contribution in [2.75, 3.05) is 33.8 Å². The van der Waals surface area contributed by atoms with Crippen molar-refractivity contribution >= 4 is 6.03 Å². The van der Waals surface area contributed by atoms with E-state index in [0.29, 0.717) is 6.54 Å². The largest absolute Gasteiger partial charge is 0.497 e. The molecule has 0 aromatic heterocycles. The molecular formula is C13H19N3O2. The maximum Gasteiger partial charge on any atom is 0.319 e. The minimum atomic E-state index is -0.185. The first-order valence-corrected chi connectivity index (χ1v) is 6.01. The van der Waals surface area contributed by atoms with Crippen molar-refractivity contribution in [2.45, 2.75) is 6.04 Å². The van der Waals surface area contributed by atoms with Gasteiger partial charge in [0.15, 0.2) is 0 Å². The van der Waals surface area contributed by atoms with Gasteiger partial charge in [-0.15, -0.1) is 0 Å². The van der Waals surface area contributed by atoms with Crippen molar-refractivity contribution in [3.63, 3.8) is 0 Å². The third-order valence-corrected chi connectivity index (χ3v) is 3.24. The standard InChI is InChI=1S/C13H19N3O2/c1-15-6-7-16(13(15)17)9-12(14)10-4-3-5-11(8-10)18-2/h3-5,8,12H,6-7,9,14H2,1-2H3. The molecule has 0 saturated carbocycles. The van der Waals surface area contributed by atoms with E-state index in [-0.39, 0.29) is 12.1 Å². The number of amides is 2. The summed E-state index contributed by atoms with van der Waals surface area (Å²) in [6, 6.07) is 7.52. The average Bonchev–Trinajstić information content (AvgIpc) is 2.71. The molecule has 1 unspecified atom stereocenters. The van der Waals surface area contributed by atoms with Gasteiger partial charge in [-0.1, -0.05) is 12.1 Å². The number of nitrogens with zero attached hydrogens (tertiary/aromatic N) is 2. The summed E-state index contributed by atoms with van der Waals surface area (Å²) in [7, 11) is 3.43. The number of hydrogen-bond donors (Lipinski definition) is 1. The molecule has 1 aromatic carbocycles. The summed E-state index contributed by atoms with van der Waals surface area (Å²) in [5.41, 5.74) is 7.12. The predicted octanol–water partition coefficient (Wildman–Crippen LogP) is 1.06. The van der Waals surface area contributed by atoms with Crippen LogP contribution < -0.4 is 10.5 Å². The van der Waals surface area contributed by atoms with Crippen LogP contribution in [0.25, 0.3) is 0 Å². The Hall–Kier alpha value is -1.75. The monoisotopic (exact) mass is 249 g/mol. The lowest BCUT2D eigenvalue weighted by Gasteiger charge is -2.21. The number of methoxy groups -OCH3 is 1. The summed E-state index contributed by atoms with van der Waals surface area (Å²) < 4.78 is 5.17. The Morgan fingerprint density at radius 2 is 2.22 bits per heavy atom. The molecule has 1 aliphatic rings. The van der Waals surface area contributed by atoms with Gasteiger partial charge in [0.05, 0.1) is 7.11 Å². The number of carbonyl (C=O) groups excluding carboxylic acids is 1. The first kappa shape index (κ1) is 12.7. The predicted molar refractivity (Wildman–Crippen MR) is 69.5 cm³/mol. The van der Waals surface area contributed by atoms with E-state index in [0.717, 1.165) is 24.4 Å². The topological polar surface area (TPSA) is 58.8 Å². The number of urea groups is 1. The van der Waals surface area contributed by atoms with Crippen molar-refractivity contribution in [2.24, 2.45) is 5.73 Å². The molecule has 18 heavy (non-hydrogen) atoms. The van der Waals surface area contributed by atoms with Gasteiger partial charge in [-0.3, -0.25) is 0 Å². The Bertz CT molecular complexity index is 436. The Morgan fingerprint density at radius 1 is 1.44 bits per heavy atom. The molecule has 2 rings (SSSR count). The van der Waals surface area contributed by atoms with E-state index < -0.39 is 0 Å². The van der Waals surface area contributed by atoms with E-state index in [1.807, 2.05) is 24.3 Å². The number of rotatable bonds is 4. The van der Waals surface area contributed by atoms with Gasteiger partial charge in [0.1, 0.15) is 5.75 Å². The quantitative estimate of drug-likeness (QED) is 0.868. The molecule has 1 aromatic rings. The molecule has 0 aliphatic carbocycles. The first-order valence-electron chi connectivity index (χ1n) is 6.01. The fraction of sp³-hybridized carbons (Fsp3) is 0.462. The van der Waals surface area contributed by atoms with Gasteiger partial charge in [0, 0.05) is 32.7 Å². The van der Waals surface area contributed by atoms with Gasteiger partial charge >= 0.3 is 6.03 Å². The van der Waals surface area contributed by atoms with Gasteiger partial charge in [0.2, 0.25) is 0 Å². The number of nitrogens with two attached hydrogens (primary N) is 1. The molecule has 1 saturated heterocycles. The second-order valence-corrected chi connectivity index (χ2v) is 4.53. The summed E-state index contributed by atoms with van der Waals surface area (Å²) in [4.78, 5) is 15.3. The van der Waals surface area contributed by atoms with Crippen molar-refractivity contribution in [1.29, 1.82) is 0 Å². The maximum absolute atomic E-state index is 11.8. The summed E-state index contributed by atoms with van der Waals surface area (Å²) in [5.74, 6) is 0.785. The normalized spacial score (nSPS) is 17.2. The highest BCUT2D eigenvalue weighted by molar-refractivity contribution is 5.76. The van der Waals surface area contributed by atoms with E-state index in [4.69, 9.17) is 10.5 Å². The Balaban J connectivity index is 2.03. The summed E-state index contributed by atoms with van der Waals surface area (Å²) in [6.45, 7) is 2.05. The second kappa shape index (κ2) is 5.27. The lowest BCUT2D eigenvalue weighted by molar-refractivity contribution is 0.196. The van der Waals surface area contributed by atoms with Crippen LogP contribution in [-0.2, 0) is 0 Å². The van der Waals surface area contributed by atoms with Crippen LogP contribution >= 0.6 is 0 Å². The van der Waals surface area contributed by atoms with Crippen LogP contribution in [0.5, 0.6) is 5.75 Å². The van der Waals surface area contributed by atoms with Crippen LogP contribution in [-0.4, -0.2) is 49.6 Å². The maximum atomic E-state index is 11.8. The van der Waals surface area contributed by atoms with Gasteiger partial charge in [-0.2, -0.15) is 0 Å². The number of carbonyl (C=O) groups is 1. The number of benzene rings is 1. The molecular weight excluding hydrogens is 230 g/mol. The minimum absolute atomic E-state index is 0.0494. The van der Waals surface area contributed by atoms with Gasteiger partial charge in [-0.05, 0) is 17.7 Å². The van der Waals surface area contributed by atoms with Gasteiger partial charge in [-0.25, -0.2) is 4.79 Å². The smallest absolute Gasteiger partial charge is 0.319 e. The highest BCUT2D eigenvalue weighted by Crippen LogP contribution is 2.19. The van der Waals surface area contributed by atoms with Crippen LogP contribution in [0.2, 0.25) is 0 Å². The molecule has 1 aliphatic heterocycles. The third kappa shape index (κ3) is 2.56. The summed E-state index contributed by atoms with van der Waals surface area (Å²) in [6.07, 6.45) is 0. The highest BCUT2D eigenvalue weighted by atomic mass is 16.5. The Kier molecular flexibility index (Phi) is 3.72. The van der Waals surface area contributed by atoms with Crippen LogP contribution in [0, 0.1) is 0 Å². The van der Waals surface area contributed by atoms with Gasteiger partial charge in [0.25, 0.3) is 0 Å². The third-order valence-electron chi connectivity index (χ3n) is 3.24. The molecule has 1 heterocycles. The lowest BCUT2D eigenvalue weighted by atomic mass is 10.1. The second-order valence-electron chi connectivity index (χ2n) is 4.53. The molecule has 98 valence electrons. The van der Waals surface area contributed by atoms with Crippen molar-refractivity contribution in [1.82, 2.24) is 9.80 Å². The van der Waals surface area contributed by atoms with Crippen molar-refractivity contribution < 1.29 is 9.53 Å². The van der Waals surface area contributed by atoms with Crippen LogP contribution in [0.3, 0.4) is 0 Å². The molecule has 5 heteroatoms. The number of hydrogen-bond acceptors (Lipinski definition) is 3. The molecule has 1 fully saturated rings. The van der Waals surface area contributed by atoms with Crippen LogP contribution in [0.4, 0.5) is 4.79 Å². The fourth-order valence-electron chi connectivity index (χ4n) is 2.09. The lowest BCUT2D eigenvalue weighted by Crippen LogP contribution is -2.35. The summed E-state index contributed by atoms with van der Waals surface area (Å²) in [5, 5.41) is 0. The first-order chi connectivity index (χ1) is 8.61. The van der Waals surface area contributed by atoms with E-state index >= 15 is 0 Å². The SMILES string of the molecule is COc1cccc(C(N)CN2CCN(C)C2=O)c1.